The van der Waals surface area contributed by atoms with E-state index in [0.717, 1.165) is 0 Å². The number of pyridine rings is 1. The van der Waals surface area contributed by atoms with Crippen molar-refractivity contribution in [1.82, 2.24) is 4.98 Å². The van der Waals surface area contributed by atoms with E-state index in [1.54, 1.807) is 22.6 Å². The van der Waals surface area contributed by atoms with Gasteiger partial charge in [-0.15, -0.1) is 0 Å². The highest BCUT2D eigenvalue weighted by molar-refractivity contribution is 14.1. The molecule has 1 rings (SSSR count). The SMILES string of the molecule is Nc1cc(I)c(C(F)F)c(I)n1. The molecule has 0 aliphatic rings. The quantitative estimate of drug-likeness (QED) is 0.586. The molecule has 0 unspecified atom stereocenters. The molecule has 6 heteroatoms. The Labute approximate surface area is 95.2 Å². The first-order valence-corrected chi connectivity index (χ1v) is 5.07. The molecule has 0 spiro atoms. The number of halogens is 4. The monoisotopic (exact) mass is 396 g/mol. The lowest BCUT2D eigenvalue weighted by molar-refractivity contribution is 0.149. The van der Waals surface area contributed by atoms with Gasteiger partial charge in [-0.05, 0) is 51.2 Å². The van der Waals surface area contributed by atoms with E-state index in [-0.39, 0.29) is 15.1 Å². The number of hydrogen-bond donors (Lipinski definition) is 1. The molecule has 0 amide bonds. The van der Waals surface area contributed by atoms with Crippen LogP contribution in [0, 0.1) is 7.27 Å². The second kappa shape index (κ2) is 3.99. The Kier molecular flexibility index (Phi) is 3.44. The Hall–Kier alpha value is 0.270. The molecule has 12 heavy (non-hydrogen) atoms. The minimum Gasteiger partial charge on any atom is -0.384 e. The summed E-state index contributed by atoms with van der Waals surface area (Å²) in [5.41, 5.74) is 5.33. The Balaban J connectivity index is 3.28. The van der Waals surface area contributed by atoms with Gasteiger partial charge in [0.05, 0.1) is 5.56 Å². The molecule has 0 saturated heterocycles. The van der Waals surface area contributed by atoms with Gasteiger partial charge in [0.1, 0.15) is 9.52 Å². The molecule has 0 aliphatic heterocycles. The first kappa shape index (κ1) is 10.4. The van der Waals surface area contributed by atoms with Crippen LogP contribution in [0.2, 0.25) is 0 Å². The van der Waals surface area contributed by atoms with Crippen LogP contribution in [0.3, 0.4) is 0 Å². The maximum atomic E-state index is 12.3. The molecule has 66 valence electrons. The van der Waals surface area contributed by atoms with Crippen molar-refractivity contribution >= 4 is 51.0 Å². The summed E-state index contributed by atoms with van der Waals surface area (Å²) >= 11 is 3.57. The summed E-state index contributed by atoms with van der Waals surface area (Å²) in [6.07, 6.45) is -2.49. The van der Waals surface area contributed by atoms with Crippen molar-refractivity contribution in [1.29, 1.82) is 0 Å². The predicted octanol–water partition coefficient (Wildman–Crippen LogP) is 2.81. The van der Waals surface area contributed by atoms with Gasteiger partial charge in [-0.2, -0.15) is 0 Å². The smallest absolute Gasteiger partial charge is 0.267 e. The summed E-state index contributed by atoms with van der Waals surface area (Å²) in [5.74, 6) is 0.271. The Morgan fingerprint density at radius 2 is 2.00 bits per heavy atom. The van der Waals surface area contributed by atoms with Crippen molar-refractivity contribution in [2.24, 2.45) is 0 Å². The van der Waals surface area contributed by atoms with Crippen molar-refractivity contribution in [3.8, 4) is 0 Å². The predicted molar refractivity (Wildman–Crippen MR) is 59.0 cm³/mol. The number of hydrogen-bond acceptors (Lipinski definition) is 2. The Bertz CT molecular complexity index is 281. The van der Waals surface area contributed by atoms with E-state index >= 15 is 0 Å². The number of aromatic nitrogens is 1. The highest BCUT2D eigenvalue weighted by Crippen LogP contribution is 2.28. The first-order valence-electron chi connectivity index (χ1n) is 2.92. The summed E-state index contributed by atoms with van der Waals surface area (Å²) in [4.78, 5) is 3.74. The van der Waals surface area contributed by atoms with Crippen molar-refractivity contribution in [3.05, 3.63) is 18.9 Å². The van der Waals surface area contributed by atoms with Gasteiger partial charge in [0, 0.05) is 3.57 Å². The molecule has 1 aromatic heterocycles. The fourth-order valence-corrected chi connectivity index (χ4v) is 2.84. The zero-order chi connectivity index (χ0) is 9.30. The zero-order valence-corrected chi connectivity index (χ0v) is 10.0. The average molecular weight is 396 g/mol. The standard InChI is InChI=1S/C6H4F2I2N2/c7-5(8)4-2(9)1-3(11)12-6(4)10/h1,5H,(H2,11,12). The summed E-state index contributed by atoms with van der Waals surface area (Å²) in [5, 5.41) is 0. The van der Waals surface area contributed by atoms with Crippen molar-refractivity contribution in [3.63, 3.8) is 0 Å². The van der Waals surface area contributed by atoms with Gasteiger partial charge in [0.2, 0.25) is 0 Å². The minimum atomic E-state index is -2.49. The zero-order valence-electron chi connectivity index (χ0n) is 5.69. The topological polar surface area (TPSA) is 38.9 Å². The number of nitrogens with zero attached hydrogens (tertiary/aromatic N) is 1. The highest BCUT2D eigenvalue weighted by atomic mass is 127. The molecule has 2 nitrogen and oxygen atoms in total. The van der Waals surface area contributed by atoms with Gasteiger partial charge in [0.25, 0.3) is 6.43 Å². The van der Waals surface area contributed by atoms with Crippen LogP contribution in [0.5, 0.6) is 0 Å². The number of alkyl halides is 2. The maximum Gasteiger partial charge on any atom is 0.267 e. The van der Waals surface area contributed by atoms with E-state index in [1.807, 2.05) is 22.6 Å². The molecule has 0 saturated carbocycles. The van der Waals surface area contributed by atoms with E-state index < -0.39 is 6.43 Å². The normalized spacial score (nSPS) is 10.8. The number of anilines is 1. The second-order valence-electron chi connectivity index (χ2n) is 2.03. The van der Waals surface area contributed by atoms with Crippen LogP contribution in [-0.2, 0) is 0 Å². The Morgan fingerprint density at radius 1 is 1.42 bits per heavy atom. The van der Waals surface area contributed by atoms with Crippen molar-refractivity contribution < 1.29 is 8.78 Å². The van der Waals surface area contributed by atoms with Crippen LogP contribution in [0.15, 0.2) is 6.07 Å². The lowest BCUT2D eigenvalue weighted by Gasteiger charge is -2.05. The lowest BCUT2D eigenvalue weighted by atomic mass is 10.3. The van der Waals surface area contributed by atoms with E-state index in [2.05, 4.69) is 4.98 Å². The van der Waals surface area contributed by atoms with Crippen molar-refractivity contribution in [2.75, 3.05) is 5.73 Å². The van der Waals surface area contributed by atoms with Gasteiger partial charge in [-0.25, -0.2) is 13.8 Å². The summed E-state index contributed by atoms with van der Waals surface area (Å²) in [6.45, 7) is 0. The van der Waals surface area contributed by atoms with E-state index in [4.69, 9.17) is 5.73 Å². The van der Waals surface area contributed by atoms with Crippen LogP contribution in [-0.4, -0.2) is 4.98 Å². The molecule has 1 aromatic rings. The van der Waals surface area contributed by atoms with Gasteiger partial charge in [0.15, 0.2) is 0 Å². The van der Waals surface area contributed by atoms with Crippen LogP contribution in [0.1, 0.15) is 12.0 Å². The largest absolute Gasteiger partial charge is 0.384 e. The van der Waals surface area contributed by atoms with Crippen LogP contribution < -0.4 is 5.73 Å². The number of rotatable bonds is 1. The fourth-order valence-electron chi connectivity index (χ4n) is 0.706. The van der Waals surface area contributed by atoms with Gasteiger partial charge >= 0.3 is 0 Å². The fraction of sp³-hybridized carbons (Fsp3) is 0.167. The second-order valence-corrected chi connectivity index (χ2v) is 4.22. The molecule has 0 atom stereocenters. The summed E-state index contributed by atoms with van der Waals surface area (Å²) in [6, 6.07) is 1.43. The van der Waals surface area contributed by atoms with Crippen molar-refractivity contribution in [2.45, 2.75) is 6.43 Å². The molecule has 0 fully saturated rings. The molecule has 0 aliphatic carbocycles. The van der Waals surface area contributed by atoms with E-state index in [9.17, 15) is 8.78 Å². The average Bonchev–Trinajstić information content (AvgIpc) is 1.82. The van der Waals surface area contributed by atoms with Crippen LogP contribution in [0.25, 0.3) is 0 Å². The summed E-state index contributed by atoms with van der Waals surface area (Å²) in [7, 11) is 0. The van der Waals surface area contributed by atoms with Gasteiger partial charge < -0.3 is 5.73 Å². The molecule has 2 N–H and O–H groups in total. The molecular formula is C6H4F2I2N2. The van der Waals surface area contributed by atoms with Crippen LogP contribution >= 0.6 is 45.2 Å². The van der Waals surface area contributed by atoms with Crippen LogP contribution in [0.4, 0.5) is 14.6 Å². The first-order chi connectivity index (χ1) is 5.52. The Morgan fingerprint density at radius 3 is 2.42 bits per heavy atom. The molecule has 0 bridgehead atoms. The third kappa shape index (κ3) is 2.15. The molecule has 0 aromatic carbocycles. The maximum absolute atomic E-state index is 12.3. The highest BCUT2D eigenvalue weighted by Gasteiger charge is 2.16. The third-order valence-electron chi connectivity index (χ3n) is 1.20. The number of nitrogen functional groups attached to an aromatic ring is 1. The van der Waals surface area contributed by atoms with Gasteiger partial charge in [-0.1, -0.05) is 0 Å². The minimum absolute atomic E-state index is 0.0367. The summed E-state index contributed by atoms with van der Waals surface area (Å²) < 4.78 is 25.4. The molecule has 0 radical (unpaired) electrons. The molecular weight excluding hydrogens is 392 g/mol. The van der Waals surface area contributed by atoms with E-state index in [0.29, 0.717) is 3.57 Å². The lowest BCUT2D eigenvalue weighted by Crippen LogP contribution is -2.01. The van der Waals surface area contributed by atoms with Gasteiger partial charge in [-0.3, -0.25) is 0 Å². The van der Waals surface area contributed by atoms with E-state index in [1.165, 1.54) is 6.07 Å². The number of nitrogens with two attached hydrogens (primary N) is 1. The molecule has 1 heterocycles. The third-order valence-corrected chi connectivity index (χ3v) is 2.91.